The van der Waals surface area contributed by atoms with Crippen LogP contribution in [0.3, 0.4) is 0 Å². The summed E-state index contributed by atoms with van der Waals surface area (Å²) < 4.78 is 5.08. The van der Waals surface area contributed by atoms with Crippen molar-refractivity contribution < 1.29 is 14.3 Å². The fourth-order valence-corrected chi connectivity index (χ4v) is 2.41. The average Bonchev–Trinajstić information content (AvgIpc) is 1.92. The molecule has 0 aromatic rings. The van der Waals surface area contributed by atoms with Gasteiger partial charge in [0, 0.05) is 5.92 Å². The molecule has 2 atom stereocenters. The molecule has 0 aliphatic heterocycles. The number of rotatable bonds is 2. The third-order valence-electron chi connectivity index (χ3n) is 2.16. The van der Waals surface area contributed by atoms with Gasteiger partial charge in [0.1, 0.15) is 0 Å². The van der Waals surface area contributed by atoms with Crippen LogP contribution in [0.1, 0.15) is 13.8 Å². The van der Waals surface area contributed by atoms with E-state index < -0.39 is 12.3 Å². The highest BCUT2D eigenvalue weighted by Gasteiger charge is 2.33. The van der Waals surface area contributed by atoms with Gasteiger partial charge in [0.2, 0.25) is 0 Å². The maximum Gasteiger partial charge on any atom is 0.322 e. The Balaban J connectivity index is 2.82. The lowest BCUT2D eigenvalue weighted by molar-refractivity contribution is 0.0817. The van der Waals surface area contributed by atoms with Crippen LogP contribution in [0, 0.1) is 5.92 Å². The Kier molecular flexibility index (Phi) is 3.10. The normalized spacial score (nSPS) is 33.7. The van der Waals surface area contributed by atoms with Gasteiger partial charge < -0.3 is 9.79 Å². The first-order chi connectivity index (χ1) is 5.83. The maximum atomic E-state index is 9.05. The van der Waals surface area contributed by atoms with E-state index in [1.54, 1.807) is 13.0 Å². The van der Waals surface area contributed by atoms with Crippen LogP contribution >= 0.6 is 6.72 Å². The first-order valence-corrected chi connectivity index (χ1v) is 6.58. The first-order valence-electron chi connectivity index (χ1n) is 3.96. The molecule has 13 heavy (non-hydrogen) atoms. The Morgan fingerprint density at radius 2 is 2.08 bits per heavy atom. The van der Waals surface area contributed by atoms with Crippen LogP contribution in [0.5, 0.6) is 0 Å². The van der Waals surface area contributed by atoms with Crippen molar-refractivity contribution in [1.82, 2.24) is 0 Å². The second-order valence-electron chi connectivity index (χ2n) is 3.30. The Bertz CT molecular complexity index is 294. The third-order valence-corrected chi connectivity index (χ3v) is 3.01. The Morgan fingerprint density at radius 3 is 2.54 bits per heavy atom. The highest BCUT2D eigenvalue weighted by atomic mass is 32.5. The summed E-state index contributed by atoms with van der Waals surface area (Å²) in [6.07, 6.45) is 7.43. The molecule has 0 saturated heterocycles. The lowest BCUT2D eigenvalue weighted by Gasteiger charge is -2.33. The van der Waals surface area contributed by atoms with Crippen LogP contribution in [0.2, 0.25) is 0 Å². The van der Waals surface area contributed by atoms with Gasteiger partial charge in [-0.1, -0.05) is 31.2 Å². The highest BCUT2D eigenvalue weighted by Crippen LogP contribution is 2.45. The Hall–Kier alpha value is 0.01000. The predicted octanol–water partition coefficient (Wildman–Crippen LogP) is 1.73. The van der Waals surface area contributed by atoms with E-state index in [1.165, 1.54) is 0 Å². The summed E-state index contributed by atoms with van der Waals surface area (Å²) in [6, 6.07) is 0. The number of allylic oxidation sites excluding steroid dienone is 2. The monoisotopic (exact) mass is 220 g/mol. The van der Waals surface area contributed by atoms with Gasteiger partial charge in [-0.2, -0.15) is 0 Å². The molecule has 0 heterocycles. The lowest BCUT2D eigenvalue weighted by Crippen LogP contribution is -2.33. The van der Waals surface area contributed by atoms with Gasteiger partial charge in [-0.05, 0) is 18.7 Å². The van der Waals surface area contributed by atoms with Gasteiger partial charge in [0.05, 0.1) is 5.60 Å². The second-order valence-corrected chi connectivity index (χ2v) is 5.89. The molecule has 0 aromatic carbocycles. The van der Waals surface area contributed by atoms with Crippen molar-refractivity contribution in [3.63, 3.8) is 0 Å². The van der Waals surface area contributed by atoms with E-state index in [2.05, 4.69) is 11.8 Å². The van der Waals surface area contributed by atoms with Crippen molar-refractivity contribution in [1.29, 1.82) is 0 Å². The summed E-state index contributed by atoms with van der Waals surface area (Å²) in [4.78, 5) is 18.1. The van der Waals surface area contributed by atoms with E-state index in [-0.39, 0.29) is 5.92 Å². The molecule has 1 rings (SSSR count). The molecule has 2 unspecified atom stereocenters. The van der Waals surface area contributed by atoms with E-state index in [0.29, 0.717) is 0 Å². The van der Waals surface area contributed by atoms with E-state index in [0.717, 1.165) is 0 Å². The van der Waals surface area contributed by atoms with E-state index in [9.17, 15) is 0 Å². The summed E-state index contributed by atoms with van der Waals surface area (Å²) >= 11 is 4.43. The molecule has 0 radical (unpaired) electrons. The molecule has 0 bridgehead atoms. The van der Waals surface area contributed by atoms with Gasteiger partial charge in [-0.25, -0.2) is 0 Å². The number of hydrogen-bond donors (Lipinski definition) is 2. The quantitative estimate of drug-likeness (QED) is 0.696. The lowest BCUT2D eigenvalue weighted by atomic mass is 9.87. The molecule has 1 aliphatic carbocycles. The molecule has 74 valence electrons. The topological polar surface area (TPSA) is 49.7 Å². The summed E-state index contributed by atoms with van der Waals surface area (Å²) in [7, 11) is 0. The molecule has 0 amide bonds. The second kappa shape index (κ2) is 3.64. The van der Waals surface area contributed by atoms with Crippen molar-refractivity contribution in [2.24, 2.45) is 5.92 Å². The molecule has 3 nitrogen and oxygen atoms in total. The minimum Gasteiger partial charge on any atom is -0.325 e. The van der Waals surface area contributed by atoms with Crippen molar-refractivity contribution in [3.05, 3.63) is 24.3 Å². The smallest absolute Gasteiger partial charge is 0.322 e. The standard InChI is InChI=1S/C8H13O3PS/c1-7-5-3-4-6-8(7,2)11-12(9,10)13/h3-7H,1-2H3,(H2,9,10,13). The Labute approximate surface area is 83.0 Å². The summed E-state index contributed by atoms with van der Waals surface area (Å²) in [5, 5.41) is 0. The van der Waals surface area contributed by atoms with Crippen LogP contribution in [0.15, 0.2) is 24.3 Å². The average molecular weight is 220 g/mol. The third kappa shape index (κ3) is 3.01. The van der Waals surface area contributed by atoms with Gasteiger partial charge in [0.25, 0.3) is 0 Å². The Morgan fingerprint density at radius 1 is 1.46 bits per heavy atom. The maximum absolute atomic E-state index is 9.05. The van der Waals surface area contributed by atoms with Crippen LogP contribution in [-0.2, 0) is 16.3 Å². The first kappa shape index (κ1) is 11.1. The van der Waals surface area contributed by atoms with E-state index >= 15 is 0 Å². The van der Waals surface area contributed by atoms with Crippen LogP contribution in [0.4, 0.5) is 0 Å². The van der Waals surface area contributed by atoms with Crippen molar-refractivity contribution in [3.8, 4) is 0 Å². The van der Waals surface area contributed by atoms with Crippen molar-refractivity contribution >= 4 is 18.5 Å². The fraction of sp³-hybridized carbons (Fsp3) is 0.500. The minimum absolute atomic E-state index is 0.0825. The van der Waals surface area contributed by atoms with Crippen LogP contribution < -0.4 is 0 Å². The highest BCUT2D eigenvalue weighted by molar-refractivity contribution is 8.06. The molecule has 0 saturated carbocycles. The molecular weight excluding hydrogens is 207 g/mol. The SMILES string of the molecule is CC1C=CC=CC1(C)OP(O)(O)=S. The summed E-state index contributed by atoms with van der Waals surface area (Å²) in [6.45, 7) is 0.130. The largest absolute Gasteiger partial charge is 0.325 e. The summed E-state index contributed by atoms with van der Waals surface area (Å²) in [5.74, 6) is 0.0825. The van der Waals surface area contributed by atoms with Gasteiger partial charge in [-0.15, -0.1) is 0 Å². The molecule has 0 fully saturated rings. The molecule has 5 heteroatoms. The van der Waals surface area contributed by atoms with Crippen molar-refractivity contribution in [2.75, 3.05) is 0 Å². The van der Waals surface area contributed by atoms with Crippen LogP contribution in [-0.4, -0.2) is 15.4 Å². The number of hydrogen-bond acceptors (Lipinski definition) is 2. The van der Waals surface area contributed by atoms with Gasteiger partial charge >= 0.3 is 6.72 Å². The zero-order valence-corrected chi connectivity index (χ0v) is 9.26. The van der Waals surface area contributed by atoms with E-state index in [4.69, 9.17) is 14.3 Å². The van der Waals surface area contributed by atoms with Crippen LogP contribution in [0.25, 0.3) is 0 Å². The van der Waals surface area contributed by atoms with E-state index in [1.807, 2.05) is 25.2 Å². The van der Waals surface area contributed by atoms with Gasteiger partial charge in [0.15, 0.2) is 0 Å². The summed E-state index contributed by atoms with van der Waals surface area (Å²) in [5.41, 5.74) is -0.701. The zero-order chi connectivity index (χ0) is 10.1. The minimum atomic E-state index is -3.59. The fourth-order valence-electron chi connectivity index (χ4n) is 1.19. The predicted molar refractivity (Wildman–Crippen MR) is 55.7 cm³/mol. The molecule has 1 aliphatic rings. The molecule has 0 aromatic heterocycles. The van der Waals surface area contributed by atoms with Gasteiger partial charge in [-0.3, -0.25) is 4.52 Å². The molecule has 2 N–H and O–H groups in total. The molecular formula is C8H13O3PS. The van der Waals surface area contributed by atoms with Crippen molar-refractivity contribution in [2.45, 2.75) is 19.4 Å². The zero-order valence-electron chi connectivity index (χ0n) is 7.54. The molecule has 0 spiro atoms.